The van der Waals surface area contributed by atoms with E-state index in [9.17, 15) is 18.0 Å². The minimum atomic E-state index is -4.46. The molecule has 1 amide bonds. The summed E-state index contributed by atoms with van der Waals surface area (Å²) in [6.45, 7) is 1.14. The van der Waals surface area contributed by atoms with Gasteiger partial charge in [-0.25, -0.2) is 4.98 Å². The zero-order valence-corrected chi connectivity index (χ0v) is 19.5. The van der Waals surface area contributed by atoms with Crippen LogP contribution >= 0.6 is 22.9 Å². The maximum atomic E-state index is 13.0. The molecule has 1 saturated heterocycles. The molecule has 0 radical (unpaired) electrons. The minimum absolute atomic E-state index is 0.131. The third-order valence-electron chi connectivity index (χ3n) is 5.99. The van der Waals surface area contributed by atoms with Crippen molar-refractivity contribution >= 4 is 28.8 Å². The van der Waals surface area contributed by atoms with Crippen LogP contribution in [0.25, 0.3) is 0 Å². The van der Waals surface area contributed by atoms with E-state index < -0.39 is 11.7 Å². The SMILES string of the molecule is O=C(Cc1cc(C(F)(F)F)ccc1Cl)N1CCC(c2nc(CCc3ccccc3)cs2)CC1. The lowest BCUT2D eigenvalue weighted by atomic mass is 9.97. The number of nitrogens with zero attached hydrogens (tertiary/aromatic N) is 2. The van der Waals surface area contributed by atoms with E-state index in [1.165, 1.54) is 11.6 Å². The van der Waals surface area contributed by atoms with Gasteiger partial charge >= 0.3 is 6.18 Å². The number of halogens is 4. The Balaban J connectivity index is 1.30. The van der Waals surface area contributed by atoms with Crippen LogP contribution in [-0.4, -0.2) is 28.9 Å². The van der Waals surface area contributed by atoms with E-state index >= 15 is 0 Å². The Labute approximate surface area is 200 Å². The zero-order chi connectivity index (χ0) is 23.4. The summed E-state index contributed by atoms with van der Waals surface area (Å²) in [5, 5.41) is 3.40. The van der Waals surface area contributed by atoms with Gasteiger partial charge in [-0.2, -0.15) is 13.2 Å². The maximum absolute atomic E-state index is 13.0. The van der Waals surface area contributed by atoms with Crippen molar-refractivity contribution in [2.45, 2.75) is 44.2 Å². The summed E-state index contributed by atoms with van der Waals surface area (Å²) in [5.41, 5.74) is 1.80. The number of rotatable bonds is 6. The first kappa shape index (κ1) is 23.8. The molecule has 174 valence electrons. The second kappa shape index (κ2) is 10.3. The largest absolute Gasteiger partial charge is 0.416 e. The molecule has 4 rings (SSSR count). The van der Waals surface area contributed by atoms with Gasteiger partial charge in [0.2, 0.25) is 5.91 Å². The van der Waals surface area contributed by atoms with Crippen LogP contribution < -0.4 is 0 Å². The molecule has 0 spiro atoms. The Hall–Kier alpha value is -2.38. The Morgan fingerprint density at radius 1 is 1.09 bits per heavy atom. The average molecular weight is 493 g/mol. The number of carbonyl (C=O) groups excluding carboxylic acids is 1. The number of hydrogen-bond donors (Lipinski definition) is 0. The number of thiazole rings is 1. The molecular weight excluding hydrogens is 469 g/mol. The van der Waals surface area contributed by atoms with Crippen LogP contribution in [0.1, 0.15) is 46.2 Å². The smallest absolute Gasteiger partial charge is 0.342 e. The number of amides is 1. The van der Waals surface area contributed by atoms with Crippen molar-refractivity contribution in [2.75, 3.05) is 13.1 Å². The predicted octanol–water partition coefficient (Wildman–Crippen LogP) is 6.55. The van der Waals surface area contributed by atoms with E-state index in [0.717, 1.165) is 48.5 Å². The summed E-state index contributed by atoms with van der Waals surface area (Å²) >= 11 is 7.73. The van der Waals surface area contributed by atoms with Crippen molar-refractivity contribution in [3.63, 3.8) is 0 Å². The standard InChI is InChI=1S/C25H24ClF3N2OS/c26-22-9-7-20(25(27,28)29)14-19(22)15-23(32)31-12-10-18(11-13-31)24-30-21(16-33-24)8-6-17-4-2-1-3-5-17/h1-5,7,9,14,16,18H,6,8,10-13,15H2. The fraction of sp³-hybridized carbons (Fsp3) is 0.360. The molecule has 1 fully saturated rings. The molecule has 3 nitrogen and oxygen atoms in total. The predicted molar refractivity (Wildman–Crippen MR) is 125 cm³/mol. The maximum Gasteiger partial charge on any atom is 0.416 e. The molecule has 0 N–H and O–H groups in total. The highest BCUT2D eigenvalue weighted by Crippen LogP contribution is 2.33. The summed E-state index contributed by atoms with van der Waals surface area (Å²) in [6, 6.07) is 13.4. The number of likely N-dealkylation sites (tertiary alicyclic amines) is 1. The van der Waals surface area contributed by atoms with Crippen molar-refractivity contribution in [3.05, 3.63) is 86.3 Å². The highest BCUT2D eigenvalue weighted by atomic mass is 35.5. The first-order valence-corrected chi connectivity index (χ1v) is 12.2. The van der Waals surface area contributed by atoms with E-state index in [-0.39, 0.29) is 22.9 Å². The highest BCUT2D eigenvalue weighted by molar-refractivity contribution is 7.09. The average Bonchev–Trinajstić information content (AvgIpc) is 3.28. The second-order valence-electron chi connectivity index (χ2n) is 8.30. The molecule has 8 heteroatoms. The molecule has 33 heavy (non-hydrogen) atoms. The highest BCUT2D eigenvalue weighted by Gasteiger charge is 2.32. The van der Waals surface area contributed by atoms with E-state index in [2.05, 4.69) is 17.5 Å². The molecule has 2 heterocycles. The van der Waals surface area contributed by atoms with Crippen LogP contribution in [0.5, 0.6) is 0 Å². The van der Waals surface area contributed by atoms with Crippen LogP contribution in [0.3, 0.4) is 0 Å². The third-order valence-corrected chi connectivity index (χ3v) is 7.42. The molecule has 3 aromatic rings. The Morgan fingerprint density at radius 3 is 2.52 bits per heavy atom. The van der Waals surface area contributed by atoms with Crippen LogP contribution in [-0.2, 0) is 30.2 Å². The molecule has 0 atom stereocenters. The molecule has 1 aliphatic rings. The first-order valence-electron chi connectivity index (χ1n) is 10.9. The van der Waals surface area contributed by atoms with Crippen molar-refractivity contribution < 1.29 is 18.0 Å². The van der Waals surface area contributed by atoms with Gasteiger partial charge in [-0.3, -0.25) is 4.79 Å². The van der Waals surface area contributed by atoms with Gasteiger partial charge in [-0.1, -0.05) is 41.9 Å². The van der Waals surface area contributed by atoms with Crippen LogP contribution in [0, 0.1) is 0 Å². The molecule has 0 aliphatic carbocycles. The number of benzene rings is 2. The Bertz CT molecular complexity index is 1090. The Kier molecular flexibility index (Phi) is 7.39. The molecule has 1 aliphatic heterocycles. The van der Waals surface area contributed by atoms with Crippen molar-refractivity contribution in [2.24, 2.45) is 0 Å². The molecular formula is C25H24ClF3N2OS. The van der Waals surface area contributed by atoms with Gasteiger partial charge in [0.15, 0.2) is 0 Å². The van der Waals surface area contributed by atoms with E-state index in [1.54, 1.807) is 16.2 Å². The quantitative estimate of drug-likeness (QED) is 0.391. The molecule has 0 bridgehead atoms. The van der Waals surface area contributed by atoms with Crippen molar-refractivity contribution in [1.29, 1.82) is 0 Å². The lowest BCUT2D eigenvalue weighted by Gasteiger charge is -2.31. The van der Waals surface area contributed by atoms with Crippen molar-refractivity contribution in [1.82, 2.24) is 9.88 Å². The van der Waals surface area contributed by atoms with Gasteiger partial charge in [0, 0.05) is 29.4 Å². The van der Waals surface area contributed by atoms with Crippen LogP contribution in [0.2, 0.25) is 5.02 Å². The molecule has 0 saturated carbocycles. The number of aryl methyl sites for hydroxylation is 2. The normalized spacial score (nSPS) is 15.1. The first-order chi connectivity index (χ1) is 15.8. The minimum Gasteiger partial charge on any atom is -0.342 e. The molecule has 2 aromatic carbocycles. The van der Waals surface area contributed by atoms with E-state index in [1.807, 2.05) is 18.2 Å². The lowest BCUT2D eigenvalue weighted by Crippen LogP contribution is -2.38. The fourth-order valence-corrected chi connectivity index (χ4v) is 5.29. The topological polar surface area (TPSA) is 33.2 Å². The number of alkyl halides is 3. The number of aromatic nitrogens is 1. The third kappa shape index (κ3) is 6.15. The summed E-state index contributed by atoms with van der Waals surface area (Å²) in [4.78, 5) is 19.3. The van der Waals surface area contributed by atoms with Crippen molar-refractivity contribution in [3.8, 4) is 0 Å². The fourth-order valence-electron chi connectivity index (χ4n) is 4.08. The monoisotopic (exact) mass is 492 g/mol. The van der Waals surface area contributed by atoms with Gasteiger partial charge in [-0.15, -0.1) is 11.3 Å². The second-order valence-corrected chi connectivity index (χ2v) is 9.60. The zero-order valence-electron chi connectivity index (χ0n) is 17.9. The molecule has 0 unspecified atom stereocenters. The number of hydrogen-bond acceptors (Lipinski definition) is 3. The van der Waals surface area contributed by atoms with Gasteiger partial charge in [0.25, 0.3) is 0 Å². The molecule has 1 aromatic heterocycles. The number of piperidine rings is 1. The van der Waals surface area contributed by atoms with Gasteiger partial charge in [0.1, 0.15) is 0 Å². The van der Waals surface area contributed by atoms with Crippen LogP contribution in [0.15, 0.2) is 53.9 Å². The van der Waals surface area contributed by atoms with Gasteiger partial charge in [0.05, 0.1) is 22.7 Å². The number of carbonyl (C=O) groups is 1. The lowest BCUT2D eigenvalue weighted by molar-refractivity contribution is -0.138. The van der Waals surface area contributed by atoms with E-state index in [4.69, 9.17) is 16.6 Å². The van der Waals surface area contributed by atoms with Gasteiger partial charge in [-0.05, 0) is 55.0 Å². The summed E-state index contributed by atoms with van der Waals surface area (Å²) in [5.74, 6) is 0.110. The summed E-state index contributed by atoms with van der Waals surface area (Å²) in [6.07, 6.45) is -1.14. The summed E-state index contributed by atoms with van der Waals surface area (Å²) < 4.78 is 39.0. The van der Waals surface area contributed by atoms with Gasteiger partial charge < -0.3 is 4.90 Å². The Morgan fingerprint density at radius 2 is 1.82 bits per heavy atom. The van der Waals surface area contributed by atoms with Crippen LogP contribution in [0.4, 0.5) is 13.2 Å². The van der Waals surface area contributed by atoms with E-state index in [0.29, 0.717) is 19.0 Å². The summed E-state index contributed by atoms with van der Waals surface area (Å²) in [7, 11) is 0.